The van der Waals surface area contributed by atoms with E-state index in [1.165, 1.54) is 19.3 Å². The van der Waals surface area contributed by atoms with Crippen molar-refractivity contribution in [2.24, 2.45) is 5.92 Å². The third-order valence-corrected chi connectivity index (χ3v) is 3.87. The second kappa shape index (κ2) is 6.36. The van der Waals surface area contributed by atoms with Crippen LogP contribution >= 0.6 is 0 Å². The van der Waals surface area contributed by atoms with E-state index >= 15 is 0 Å². The first-order valence-electron chi connectivity index (χ1n) is 6.78. The topological polar surface area (TPSA) is 38.8 Å². The van der Waals surface area contributed by atoms with E-state index < -0.39 is 0 Å². The molecule has 0 amide bonds. The lowest BCUT2D eigenvalue weighted by molar-refractivity contribution is -0.144. The fourth-order valence-corrected chi connectivity index (χ4v) is 3.08. The molecule has 0 aromatic carbocycles. The molecule has 1 aliphatic heterocycles. The number of rotatable bonds is 4. The molecule has 2 rings (SSSR count). The third kappa shape index (κ3) is 3.42. The summed E-state index contributed by atoms with van der Waals surface area (Å²) >= 11 is 0. The predicted molar refractivity (Wildman–Crippen MR) is 64.8 cm³/mol. The van der Waals surface area contributed by atoms with Crippen LogP contribution in [0.5, 0.6) is 0 Å². The first-order chi connectivity index (χ1) is 8.31. The van der Waals surface area contributed by atoms with Crippen molar-refractivity contribution in [3.63, 3.8) is 0 Å². The zero-order valence-electron chi connectivity index (χ0n) is 10.7. The molecule has 1 saturated heterocycles. The van der Waals surface area contributed by atoms with E-state index in [1.807, 2.05) is 6.92 Å². The molecule has 0 aromatic rings. The summed E-state index contributed by atoms with van der Waals surface area (Å²) in [6.45, 7) is 6.07. The molecule has 98 valence electrons. The van der Waals surface area contributed by atoms with Gasteiger partial charge in [-0.2, -0.15) is 0 Å². The average molecular weight is 241 g/mol. The average Bonchev–Trinajstić information content (AvgIpc) is 2.78. The first-order valence-corrected chi connectivity index (χ1v) is 6.78. The fourth-order valence-electron chi connectivity index (χ4n) is 3.08. The molecule has 0 N–H and O–H groups in total. The highest BCUT2D eigenvalue weighted by molar-refractivity contribution is 5.69. The number of morpholine rings is 1. The Morgan fingerprint density at radius 1 is 1.35 bits per heavy atom. The monoisotopic (exact) mass is 241 g/mol. The minimum Gasteiger partial charge on any atom is -0.466 e. The van der Waals surface area contributed by atoms with E-state index in [1.54, 1.807) is 0 Å². The molecule has 17 heavy (non-hydrogen) atoms. The summed E-state index contributed by atoms with van der Waals surface area (Å²) in [5, 5.41) is 0. The molecular weight excluding hydrogens is 218 g/mol. The molecule has 1 aliphatic carbocycles. The van der Waals surface area contributed by atoms with Gasteiger partial charge in [-0.25, -0.2) is 0 Å². The largest absolute Gasteiger partial charge is 0.466 e. The van der Waals surface area contributed by atoms with Crippen LogP contribution in [-0.2, 0) is 14.3 Å². The van der Waals surface area contributed by atoms with Gasteiger partial charge in [-0.15, -0.1) is 0 Å². The molecule has 2 fully saturated rings. The van der Waals surface area contributed by atoms with Crippen LogP contribution in [0.1, 0.15) is 32.6 Å². The van der Waals surface area contributed by atoms with Gasteiger partial charge < -0.3 is 9.47 Å². The zero-order chi connectivity index (χ0) is 12.1. The second-order valence-electron chi connectivity index (χ2n) is 4.92. The van der Waals surface area contributed by atoms with Crippen LogP contribution in [0.3, 0.4) is 0 Å². The summed E-state index contributed by atoms with van der Waals surface area (Å²) in [5.74, 6) is 0.463. The number of nitrogens with zero attached hydrogens (tertiary/aromatic N) is 1. The lowest BCUT2D eigenvalue weighted by Gasteiger charge is -2.35. The summed E-state index contributed by atoms with van der Waals surface area (Å²) in [6, 6.07) is 0.573. The second-order valence-corrected chi connectivity index (χ2v) is 4.92. The van der Waals surface area contributed by atoms with E-state index in [-0.39, 0.29) is 5.97 Å². The lowest BCUT2D eigenvalue weighted by Crippen LogP contribution is -2.45. The van der Waals surface area contributed by atoms with Crippen molar-refractivity contribution in [2.75, 3.05) is 32.9 Å². The van der Waals surface area contributed by atoms with Gasteiger partial charge in [0.2, 0.25) is 0 Å². The maximum absolute atomic E-state index is 11.6. The molecule has 4 nitrogen and oxygen atoms in total. The fraction of sp³-hybridized carbons (Fsp3) is 0.923. The van der Waals surface area contributed by atoms with E-state index in [4.69, 9.17) is 9.47 Å². The highest BCUT2D eigenvalue weighted by Crippen LogP contribution is 2.33. The SMILES string of the molecule is CCOC(=O)C[C@H]1CCC[C@H]1N1CCOCC1. The quantitative estimate of drug-likeness (QED) is 0.698. The number of hydrogen-bond acceptors (Lipinski definition) is 4. The molecule has 2 aliphatic rings. The van der Waals surface area contributed by atoms with Crippen LogP contribution in [0.2, 0.25) is 0 Å². The summed E-state index contributed by atoms with van der Waals surface area (Å²) in [6.07, 6.45) is 4.23. The minimum absolute atomic E-state index is 0.0299. The number of esters is 1. The van der Waals surface area contributed by atoms with E-state index in [2.05, 4.69) is 4.90 Å². The Labute approximate surface area is 103 Å². The van der Waals surface area contributed by atoms with Gasteiger partial charge in [0, 0.05) is 25.6 Å². The Kier molecular flexibility index (Phi) is 4.80. The Hall–Kier alpha value is -0.610. The third-order valence-electron chi connectivity index (χ3n) is 3.87. The van der Waals surface area contributed by atoms with Crippen molar-refractivity contribution in [1.29, 1.82) is 0 Å². The summed E-state index contributed by atoms with van der Waals surface area (Å²) in [4.78, 5) is 14.1. The highest BCUT2D eigenvalue weighted by Gasteiger charge is 2.34. The molecule has 0 radical (unpaired) electrons. The van der Waals surface area contributed by atoms with Gasteiger partial charge >= 0.3 is 5.97 Å². The van der Waals surface area contributed by atoms with Crippen LogP contribution in [0.4, 0.5) is 0 Å². The Morgan fingerprint density at radius 2 is 2.12 bits per heavy atom. The van der Waals surface area contributed by atoms with Crippen molar-refractivity contribution in [3.05, 3.63) is 0 Å². The van der Waals surface area contributed by atoms with Crippen molar-refractivity contribution in [1.82, 2.24) is 4.90 Å². The molecule has 4 heteroatoms. The van der Waals surface area contributed by atoms with E-state index in [9.17, 15) is 4.79 Å². The maximum atomic E-state index is 11.6. The van der Waals surface area contributed by atoms with Crippen LogP contribution in [0.15, 0.2) is 0 Å². The molecule has 0 aromatic heterocycles. The van der Waals surface area contributed by atoms with Crippen LogP contribution in [-0.4, -0.2) is 49.8 Å². The van der Waals surface area contributed by atoms with Gasteiger partial charge in [-0.1, -0.05) is 6.42 Å². The molecule has 2 atom stereocenters. The van der Waals surface area contributed by atoms with Crippen LogP contribution in [0, 0.1) is 5.92 Å². The van der Waals surface area contributed by atoms with E-state index in [0.717, 1.165) is 26.3 Å². The normalized spacial score (nSPS) is 30.4. The first kappa shape index (κ1) is 12.8. The predicted octanol–water partition coefficient (Wildman–Crippen LogP) is 1.44. The molecule has 1 heterocycles. The molecule has 1 saturated carbocycles. The van der Waals surface area contributed by atoms with Gasteiger partial charge in [0.05, 0.1) is 19.8 Å². The number of carbonyl (C=O) groups is 1. The van der Waals surface area contributed by atoms with Crippen molar-refractivity contribution < 1.29 is 14.3 Å². The standard InChI is InChI=1S/C13H23NO3/c1-2-17-13(15)10-11-4-3-5-12(11)14-6-8-16-9-7-14/h11-12H,2-10H2,1H3/t11-,12-/m1/s1. The number of ether oxygens (including phenoxy) is 2. The van der Waals surface area contributed by atoms with Crippen molar-refractivity contribution in [3.8, 4) is 0 Å². The zero-order valence-corrected chi connectivity index (χ0v) is 10.7. The van der Waals surface area contributed by atoms with Crippen molar-refractivity contribution in [2.45, 2.75) is 38.6 Å². The lowest BCUT2D eigenvalue weighted by atomic mass is 9.98. The minimum atomic E-state index is -0.0299. The maximum Gasteiger partial charge on any atom is 0.306 e. The highest BCUT2D eigenvalue weighted by atomic mass is 16.5. The van der Waals surface area contributed by atoms with Gasteiger partial charge in [-0.05, 0) is 25.7 Å². The molecule has 0 spiro atoms. The van der Waals surface area contributed by atoms with Gasteiger partial charge in [-0.3, -0.25) is 9.69 Å². The van der Waals surface area contributed by atoms with E-state index in [0.29, 0.717) is 25.0 Å². The number of hydrogen-bond donors (Lipinski definition) is 0. The van der Waals surface area contributed by atoms with Gasteiger partial charge in [0.1, 0.15) is 0 Å². The van der Waals surface area contributed by atoms with Gasteiger partial charge in [0.15, 0.2) is 0 Å². The smallest absolute Gasteiger partial charge is 0.306 e. The van der Waals surface area contributed by atoms with Crippen LogP contribution in [0.25, 0.3) is 0 Å². The molecule has 0 bridgehead atoms. The van der Waals surface area contributed by atoms with Crippen molar-refractivity contribution >= 4 is 5.97 Å². The Bertz CT molecular complexity index is 251. The van der Waals surface area contributed by atoms with Crippen LogP contribution < -0.4 is 0 Å². The van der Waals surface area contributed by atoms with Gasteiger partial charge in [0.25, 0.3) is 0 Å². The number of carbonyl (C=O) groups excluding carboxylic acids is 1. The Balaban J connectivity index is 1.85. The molecule has 0 unspecified atom stereocenters. The molecular formula is C13H23NO3. The summed E-state index contributed by atoms with van der Waals surface area (Å²) in [7, 11) is 0. The summed E-state index contributed by atoms with van der Waals surface area (Å²) in [5.41, 5.74) is 0. The summed E-state index contributed by atoms with van der Waals surface area (Å²) < 4.78 is 10.4. The Morgan fingerprint density at radius 3 is 2.82 bits per heavy atom.